The van der Waals surface area contributed by atoms with Crippen molar-refractivity contribution in [2.24, 2.45) is 0 Å². The number of thiophene rings is 1. The van der Waals surface area contributed by atoms with E-state index in [-0.39, 0.29) is 5.56 Å². The van der Waals surface area contributed by atoms with Crippen molar-refractivity contribution in [3.05, 3.63) is 50.8 Å². The highest BCUT2D eigenvalue weighted by Crippen LogP contribution is 2.14. The molecule has 0 aliphatic heterocycles. The van der Waals surface area contributed by atoms with E-state index < -0.39 is 0 Å². The summed E-state index contributed by atoms with van der Waals surface area (Å²) in [6.07, 6.45) is 3.08. The quantitative estimate of drug-likeness (QED) is 0.815. The van der Waals surface area contributed by atoms with Crippen LogP contribution in [-0.4, -0.2) is 16.1 Å². The van der Waals surface area contributed by atoms with Crippen molar-refractivity contribution in [1.29, 1.82) is 0 Å². The molecule has 17 heavy (non-hydrogen) atoms. The Morgan fingerprint density at radius 1 is 1.47 bits per heavy atom. The molecule has 0 unspecified atom stereocenters. The molecule has 0 radical (unpaired) electrons. The topological polar surface area (TPSA) is 46.9 Å². The van der Waals surface area contributed by atoms with Crippen LogP contribution in [0.3, 0.4) is 0 Å². The number of nitrogens with one attached hydrogen (secondary N) is 1. The average molecular weight is 249 g/mol. The first-order valence-corrected chi connectivity index (χ1v) is 6.39. The van der Waals surface area contributed by atoms with Crippen LogP contribution in [-0.2, 0) is 13.1 Å². The first-order chi connectivity index (χ1) is 8.27. The zero-order valence-corrected chi connectivity index (χ0v) is 10.5. The van der Waals surface area contributed by atoms with Crippen molar-refractivity contribution in [1.82, 2.24) is 14.9 Å². The Hall–Kier alpha value is -1.46. The summed E-state index contributed by atoms with van der Waals surface area (Å²) < 4.78 is 1.61. The maximum Gasteiger partial charge on any atom is 0.253 e. The highest BCUT2D eigenvalue weighted by molar-refractivity contribution is 7.10. The standard InChI is InChI=1S/C12H15N3OS/c1-10-3-7-17-11(10)8-13-5-6-15-9-14-4-2-12(15)16/h2-4,7,9,13H,5-6,8H2,1H3. The summed E-state index contributed by atoms with van der Waals surface area (Å²) >= 11 is 1.76. The summed E-state index contributed by atoms with van der Waals surface area (Å²) in [5, 5.41) is 5.42. The van der Waals surface area contributed by atoms with Gasteiger partial charge >= 0.3 is 0 Å². The fourth-order valence-electron chi connectivity index (χ4n) is 1.53. The molecule has 0 spiro atoms. The Bertz CT molecular complexity index is 532. The molecule has 2 rings (SSSR count). The van der Waals surface area contributed by atoms with Gasteiger partial charge in [0.2, 0.25) is 0 Å². The molecule has 5 heteroatoms. The van der Waals surface area contributed by atoms with E-state index >= 15 is 0 Å². The average Bonchev–Trinajstić information content (AvgIpc) is 2.73. The van der Waals surface area contributed by atoms with Gasteiger partial charge in [-0.3, -0.25) is 9.36 Å². The van der Waals surface area contributed by atoms with E-state index in [9.17, 15) is 4.79 Å². The molecule has 4 nitrogen and oxygen atoms in total. The van der Waals surface area contributed by atoms with Crippen LogP contribution in [0.2, 0.25) is 0 Å². The van der Waals surface area contributed by atoms with Gasteiger partial charge in [0.05, 0.1) is 6.33 Å². The molecule has 0 aliphatic carbocycles. The van der Waals surface area contributed by atoms with Gasteiger partial charge in [0.25, 0.3) is 5.56 Å². The van der Waals surface area contributed by atoms with Gasteiger partial charge in [-0.2, -0.15) is 0 Å². The molecular formula is C12H15N3OS. The van der Waals surface area contributed by atoms with Gasteiger partial charge in [-0.1, -0.05) is 0 Å². The molecule has 0 saturated carbocycles. The second kappa shape index (κ2) is 5.75. The Morgan fingerprint density at radius 2 is 2.35 bits per heavy atom. The first kappa shape index (κ1) is 12.0. The van der Waals surface area contributed by atoms with Crippen LogP contribution in [0.15, 0.2) is 34.8 Å². The number of aryl methyl sites for hydroxylation is 1. The zero-order valence-electron chi connectivity index (χ0n) is 9.72. The van der Waals surface area contributed by atoms with Crippen LogP contribution in [0.5, 0.6) is 0 Å². The monoisotopic (exact) mass is 249 g/mol. The molecule has 2 aromatic heterocycles. The lowest BCUT2D eigenvalue weighted by Crippen LogP contribution is -2.26. The molecule has 0 bridgehead atoms. The third-order valence-corrected chi connectivity index (χ3v) is 3.60. The van der Waals surface area contributed by atoms with Crippen LogP contribution < -0.4 is 10.9 Å². The van der Waals surface area contributed by atoms with Crippen LogP contribution in [0.4, 0.5) is 0 Å². The molecule has 1 N–H and O–H groups in total. The van der Waals surface area contributed by atoms with Crippen molar-refractivity contribution in [2.75, 3.05) is 6.54 Å². The van der Waals surface area contributed by atoms with Crippen LogP contribution in [0.1, 0.15) is 10.4 Å². The van der Waals surface area contributed by atoms with Gasteiger partial charge in [0.15, 0.2) is 0 Å². The summed E-state index contributed by atoms with van der Waals surface area (Å²) in [6, 6.07) is 3.59. The van der Waals surface area contributed by atoms with E-state index in [0.717, 1.165) is 13.1 Å². The first-order valence-electron chi connectivity index (χ1n) is 5.51. The minimum atomic E-state index is -0.00546. The van der Waals surface area contributed by atoms with Gasteiger partial charge < -0.3 is 5.32 Å². The largest absolute Gasteiger partial charge is 0.310 e. The molecular weight excluding hydrogens is 234 g/mol. The Kier molecular flexibility index (Phi) is 4.06. The summed E-state index contributed by atoms with van der Waals surface area (Å²) in [5.74, 6) is 0. The summed E-state index contributed by atoms with van der Waals surface area (Å²) in [6.45, 7) is 4.39. The molecule has 0 aromatic carbocycles. The lowest BCUT2D eigenvalue weighted by Gasteiger charge is -2.06. The SMILES string of the molecule is Cc1ccsc1CNCCn1cnccc1=O. The predicted molar refractivity (Wildman–Crippen MR) is 69.3 cm³/mol. The summed E-state index contributed by atoms with van der Waals surface area (Å²) in [4.78, 5) is 16.7. The Labute approximate surface area is 104 Å². The van der Waals surface area contributed by atoms with Gasteiger partial charge in [-0.25, -0.2) is 4.98 Å². The molecule has 0 aliphatic rings. The van der Waals surface area contributed by atoms with Crippen molar-refractivity contribution in [3.8, 4) is 0 Å². The minimum Gasteiger partial charge on any atom is -0.310 e. The van der Waals surface area contributed by atoms with Gasteiger partial charge in [-0.05, 0) is 23.9 Å². The molecule has 0 amide bonds. The molecule has 0 atom stereocenters. The molecule has 0 saturated heterocycles. The third kappa shape index (κ3) is 3.25. The second-order valence-corrected chi connectivity index (χ2v) is 4.82. The van der Waals surface area contributed by atoms with Gasteiger partial charge in [0, 0.05) is 36.8 Å². The zero-order chi connectivity index (χ0) is 12.1. The fourth-order valence-corrected chi connectivity index (χ4v) is 2.41. The maximum atomic E-state index is 11.4. The third-order valence-electron chi connectivity index (χ3n) is 2.58. The second-order valence-electron chi connectivity index (χ2n) is 3.82. The lowest BCUT2D eigenvalue weighted by atomic mass is 10.3. The van der Waals surface area contributed by atoms with Crippen molar-refractivity contribution in [2.45, 2.75) is 20.0 Å². The predicted octanol–water partition coefficient (Wildman–Crippen LogP) is 1.40. The van der Waals surface area contributed by atoms with E-state index in [2.05, 4.69) is 28.7 Å². The molecule has 2 aromatic rings. The van der Waals surface area contributed by atoms with Crippen LogP contribution >= 0.6 is 11.3 Å². The van der Waals surface area contributed by atoms with E-state index in [1.807, 2.05) is 0 Å². The van der Waals surface area contributed by atoms with Crippen molar-refractivity contribution >= 4 is 11.3 Å². The van der Waals surface area contributed by atoms with Crippen LogP contribution in [0, 0.1) is 6.92 Å². The number of hydrogen-bond donors (Lipinski definition) is 1. The van der Waals surface area contributed by atoms with E-state index in [1.54, 1.807) is 22.2 Å². The van der Waals surface area contributed by atoms with E-state index in [4.69, 9.17) is 0 Å². The van der Waals surface area contributed by atoms with Crippen molar-refractivity contribution < 1.29 is 0 Å². The Morgan fingerprint density at radius 3 is 3.06 bits per heavy atom. The van der Waals surface area contributed by atoms with E-state index in [0.29, 0.717) is 6.54 Å². The highest BCUT2D eigenvalue weighted by Gasteiger charge is 1.99. The van der Waals surface area contributed by atoms with Gasteiger partial charge in [-0.15, -0.1) is 11.3 Å². The highest BCUT2D eigenvalue weighted by atomic mass is 32.1. The normalized spacial score (nSPS) is 10.6. The van der Waals surface area contributed by atoms with Crippen molar-refractivity contribution in [3.63, 3.8) is 0 Å². The van der Waals surface area contributed by atoms with E-state index in [1.165, 1.54) is 22.7 Å². The fraction of sp³-hybridized carbons (Fsp3) is 0.333. The molecule has 2 heterocycles. The molecule has 90 valence electrons. The Balaban J connectivity index is 1.79. The van der Waals surface area contributed by atoms with Gasteiger partial charge in [0.1, 0.15) is 0 Å². The number of nitrogens with zero attached hydrogens (tertiary/aromatic N) is 2. The minimum absolute atomic E-state index is 0.00546. The number of hydrogen-bond acceptors (Lipinski definition) is 4. The van der Waals surface area contributed by atoms with Crippen LogP contribution in [0.25, 0.3) is 0 Å². The number of rotatable bonds is 5. The smallest absolute Gasteiger partial charge is 0.253 e. The summed E-state index contributed by atoms with van der Waals surface area (Å²) in [7, 11) is 0. The maximum absolute atomic E-state index is 11.4. The molecule has 0 fully saturated rings. The lowest BCUT2D eigenvalue weighted by molar-refractivity contribution is 0.580. The summed E-state index contributed by atoms with van der Waals surface area (Å²) in [5.41, 5.74) is 1.31. The number of aromatic nitrogens is 2.